The van der Waals surface area contributed by atoms with Crippen LogP contribution in [0.2, 0.25) is 0 Å². The summed E-state index contributed by atoms with van der Waals surface area (Å²) < 4.78 is 11.1. The highest BCUT2D eigenvalue weighted by Crippen LogP contribution is 2.21. The van der Waals surface area contributed by atoms with Gasteiger partial charge in [0.25, 0.3) is 0 Å². The molecule has 0 spiro atoms. The zero-order valence-electron chi connectivity index (χ0n) is 14.5. The molecule has 134 valence electrons. The first-order chi connectivity index (χ1) is 12.9. The second-order valence-corrected chi connectivity index (χ2v) is 6.28. The lowest BCUT2D eigenvalue weighted by molar-refractivity contribution is 0.120. The minimum Gasteiger partial charge on any atom is -0.467 e. The molecule has 1 fully saturated rings. The zero-order chi connectivity index (χ0) is 17.6. The van der Waals surface area contributed by atoms with Crippen molar-refractivity contribution in [3.05, 3.63) is 60.6 Å². The summed E-state index contributed by atoms with van der Waals surface area (Å²) in [6.45, 7) is 2.17. The smallest absolute Gasteiger partial charge is 0.163 e. The summed E-state index contributed by atoms with van der Waals surface area (Å²) in [7, 11) is 0. The van der Waals surface area contributed by atoms with Crippen molar-refractivity contribution in [3.63, 3.8) is 0 Å². The summed E-state index contributed by atoms with van der Waals surface area (Å²) in [6.07, 6.45) is 4.14. The Morgan fingerprint density at radius 1 is 1.00 bits per heavy atom. The van der Waals surface area contributed by atoms with Gasteiger partial charge in [-0.3, -0.25) is 0 Å². The van der Waals surface area contributed by atoms with Crippen molar-refractivity contribution in [1.82, 2.24) is 9.97 Å². The van der Waals surface area contributed by atoms with Crippen molar-refractivity contribution < 1.29 is 9.15 Å². The van der Waals surface area contributed by atoms with Gasteiger partial charge < -0.3 is 19.8 Å². The lowest BCUT2D eigenvalue weighted by Crippen LogP contribution is -2.19. The minimum absolute atomic E-state index is 0.254. The SMILES string of the molecule is c1ccc(-c2nc(NCc3ccco3)cc(NCC3CCCO3)n2)cc1. The fourth-order valence-corrected chi connectivity index (χ4v) is 2.96. The Kier molecular flexibility index (Phi) is 5.12. The molecule has 0 radical (unpaired) electrons. The first-order valence-corrected chi connectivity index (χ1v) is 8.93. The highest BCUT2D eigenvalue weighted by molar-refractivity contribution is 5.61. The molecule has 1 unspecified atom stereocenters. The van der Waals surface area contributed by atoms with Crippen LogP contribution in [0.25, 0.3) is 11.4 Å². The molecule has 4 rings (SSSR count). The number of hydrogen-bond donors (Lipinski definition) is 2. The van der Waals surface area contributed by atoms with Crippen LogP contribution in [0.3, 0.4) is 0 Å². The van der Waals surface area contributed by atoms with E-state index in [0.29, 0.717) is 12.4 Å². The van der Waals surface area contributed by atoms with Crippen LogP contribution < -0.4 is 10.6 Å². The largest absolute Gasteiger partial charge is 0.467 e. The Bertz CT molecular complexity index is 815. The van der Waals surface area contributed by atoms with Crippen LogP contribution in [0.5, 0.6) is 0 Å². The number of anilines is 2. The Morgan fingerprint density at radius 3 is 2.58 bits per heavy atom. The van der Waals surface area contributed by atoms with Crippen molar-refractivity contribution in [2.24, 2.45) is 0 Å². The molecule has 2 N–H and O–H groups in total. The van der Waals surface area contributed by atoms with Gasteiger partial charge in [0.05, 0.1) is 18.9 Å². The molecule has 0 saturated carbocycles. The number of furan rings is 1. The zero-order valence-corrected chi connectivity index (χ0v) is 14.5. The van der Waals surface area contributed by atoms with Gasteiger partial charge in [0.15, 0.2) is 5.82 Å². The summed E-state index contributed by atoms with van der Waals surface area (Å²) in [5.41, 5.74) is 0.981. The Hall–Kier alpha value is -2.86. The van der Waals surface area contributed by atoms with Gasteiger partial charge in [-0.05, 0) is 25.0 Å². The van der Waals surface area contributed by atoms with Gasteiger partial charge in [0.2, 0.25) is 0 Å². The van der Waals surface area contributed by atoms with E-state index in [1.165, 1.54) is 0 Å². The third kappa shape index (κ3) is 4.21. The quantitative estimate of drug-likeness (QED) is 0.672. The normalized spacial score (nSPS) is 16.5. The van der Waals surface area contributed by atoms with Gasteiger partial charge in [-0.1, -0.05) is 30.3 Å². The molecule has 1 aliphatic heterocycles. The van der Waals surface area contributed by atoms with Crippen LogP contribution in [0.15, 0.2) is 59.2 Å². The fourth-order valence-electron chi connectivity index (χ4n) is 2.96. The highest BCUT2D eigenvalue weighted by atomic mass is 16.5. The van der Waals surface area contributed by atoms with Crippen molar-refractivity contribution >= 4 is 11.6 Å². The molecule has 1 saturated heterocycles. The molecule has 26 heavy (non-hydrogen) atoms. The van der Waals surface area contributed by atoms with E-state index < -0.39 is 0 Å². The molecular formula is C20H22N4O2. The Morgan fingerprint density at radius 2 is 1.85 bits per heavy atom. The van der Waals surface area contributed by atoms with E-state index in [0.717, 1.165) is 49.0 Å². The van der Waals surface area contributed by atoms with Gasteiger partial charge in [-0.15, -0.1) is 0 Å². The molecule has 0 aliphatic carbocycles. The van der Waals surface area contributed by atoms with Crippen molar-refractivity contribution in [2.75, 3.05) is 23.8 Å². The van der Waals surface area contributed by atoms with Gasteiger partial charge in [-0.25, -0.2) is 9.97 Å². The van der Waals surface area contributed by atoms with Gasteiger partial charge in [0, 0.05) is 24.8 Å². The number of benzene rings is 1. The van der Waals surface area contributed by atoms with Crippen LogP contribution in [0.1, 0.15) is 18.6 Å². The lowest BCUT2D eigenvalue weighted by atomic mass is 10.2. The van der Waals surface area contributed by atoms with Gasteiger partial charge in [-0.2, -0.15) is 0 Å². The molecule has 0 amide bonds. The molecule has 3 aromatic rings. The minimum atomic E-state index is 0.254. The highest BCUT2D eigenvalue weighted by Gasteiger charge is 2.16. The molecule has 1 aromatic carbocycles. The number of hydrogen-bond acceptors (Lipinski definition) is 6. The monoisotopic (exact) mass is 350 g/mol. The van der Waals surface area contributed by atoms with Gasteiger partial charge >= 0.3 is 0 Å². The van der Waals surface area contributed by atoms with E-state index in [-0.39, 0.29) is 6.10 Å². The summed E-state index contributed by atoms with van der Waals surface area (Å²) in [4.78, 5) is 9.32. The summed E-state index contributed by atoms with van der Waals surface area (Å²) in [5, 5.41) is 6.70. The average Bonchev–Trinajstić information content (AvgIpc) is 3.39. The predicted octanol–water partition coefficient (Wildman–Crippen LogP) is 3.94. The number of ether oxygens (including phenoxy) is 1. The number of aromatic nitrogens is 2. The van der Waals surface area contributed by atoms with Crippen LogP contribution in [0.4, 0.5) is 11.6 Å². The number of nitrogens with zero attached hydrogens (tertiary/aromatic N) is 2. The maximum absolute atomic E-state index is 5.68. The molecule has 6 heteroatoms. The Labute approximate surface area is 152 Å². The molecule has 6 nitrogen and oxygen atoms in total. The second-order valence-electron chi connectivity index (χ2n) is 6.28. The first-order valence-electron chi connectivity index (χ1n) is 8.93. The van der Waals surface area contributed by atoms with Crippen molar-refractivity contribution in [1.29, 1.82) is 0 Å². The number of rotatable bonds is 7. The molecule has 1 atom stereocenters. The Balaban J connectivity index is 1.54. The van der Waals surface area contributed by atoms with Crippen LogP contribution in [0, 0.1) is 0 Å². The molecular weight excluding hydrogens is 328 g/mol. The summed E-state index contributed by atoms with van der Waals surface area (Å²) in [6, 6.07) is 15.7. The maximum Gasteiger partial charge on any atom is 0.163 e. The average molecular weight is 350 g/mol. The van der Waals surface area contributed by atoms with Crippen molar-refractivity contribution in [2.45, 2.75) is 25.5 Å². The summed E-state index contributed by atoms with van der Waals surface area (Å²) in [5.74, 6) is 3.09. The molecule has 1 aliphatic rings. The molecule has 3 heterocycles. The fraction of sp³-hybridized carbons (Fsp3) is 0.300. The van der Waals surface area contributed by atoms with E-state index >= 15 is 0 Å². The maximum atomic E-state index is 5.68. The van der Waals surface area contributed by atoms with E-state index in [4.69, 9.17) is 9.15 Å². The van der Waals surface area contributed by atoms with E-state index in [9.17, 15) is 0 Å². The second kappa shape index (κ2) is 8.01. The van der Waals surface area contributed by atoms with Crippen LogP contribution in [-0.2, 0) is 11.3 Å². The molecule has 2 aromatic heterocycles. The van der Waals surface area contributed by atoms with Crippen LogP contribution >= 0.6 is 0 Å². The lowest BCUT2D eigenvalue weighted by Gasteiger charge is -2.14. The predicted molar refractivity (Wildman–Crippen MR) is 101 cm³/mol. The number of nitrogens with one attached hydrogen (secondary N) is 2. The van der Waals surface area contributed by atoms with E-state index in [1.807, 2.05) is 48.5 Å². The third-order valence-electron chi connectivity index (χ3n) is 4.32. The topological polar surface area (TPSA) is 72.2 Å². The van der Waals surface area contributed by atoms with E-state index in [2.05, 4.69) is 20.6 Å². The molecule has 0 bridgehead atoms. The van der Waals surface area contributed by atoms with Crippen LogP contribution in [-0.4, -0.2) is 29.2 Å². The standard InChI is InChI=1S/C20H22N4O2/c1-2-6-15(7-3-1)20-23-18(21-13-16-8-4-10-25-16)12-19(24-20)22-14-17-9-5-11-26-17/h1-4,6-8,10,12,17H,5,9,11,13-14H2,(H2,21,22,23,24). The first kappa shape index (κ1) is 16.6. The van der Waals surface area contributed by atoms with E-state index in [1.54, 1.807) is 6.26 Å². The third-order valence-corrected chi connectivity index (χ3v) is 4.32. The summed E-state index contributed by atoms with van der Waals surface area (Å²) >= 11 is 0. The van der Waals surface area contributed by atoms with Crippen molar-refractivity contribution in [3.8, 4) is 11.4 Å². The van der Waals surface area contributed by atoms with Gasteiger partial charge in [0.1, 0.15) is 17.4 Å².